The van der Waals surface area contributed by atoms with Gasteiger partial charge in [-0.05, 0) is 19.1 Å². The number of para-hydroxylation sites is 2. The van der Waals surface area contributed by atoms with Crippen molar-refractivity contribution >= 4 is 21.4 Å². The van der Waals surface area contributed by atoms with E-state index in [9.17, 15) is 26.1 Å². The average molecular weight is 340 g/mol. The van der Waals surface area contributed by atoms with Gasteiger partial charge >= 0.3 is 12.0 Å². The molecule has 0 N–H and O–H groups in total. The zero-order valence-corrected chi connectivity index (χ0v) is 12.9. The highest BCUT2D eigenvalue weighted by atomic mass is 32.3. The SMILES string of the molecule is CCn1c(C(F)(F)F)[n+](C)c2ccccc21.COS(=O)(=O)[O-]. The summed E-state index contributed by atoms with van der Waals surface area (Å²) in [5.41, 5.74) is 1.21. The van der Waals surface area contributed by atoms with Crippen molar-refractivity contribution in [3.63, 3.8) is 0 Å². The number of benzene rings is 1. The third kappa shape index (κ3) is 4.18. The maximum Gasteiger partial charge on any atom is 0.495 e. The molecule has 2 rings (SSSR count). The molecule has 10 heteroatoms. The number of fused-ring (bicyclic) bond motifs is 1. The zero-order chi connectivity index (χ0) is 17.1. The largest absolute Gasteiger partial charge is 0.726 e. The van der Waals surface area contributed by atoms with Gasteiger partial charge in [0, 0.05) is 0 Å². The summed E-state index contributed by atoms with van der Waals surface area (Å²) in [6, 6.07) is 6.88. The predicted octanol–water partition coefficient (Wildman–Crippen LogP) is 1.60. The molecular weight excluding hydrogens is 325 g/mol. The van der Waals surface area contributed by atoms with Gasteiger partial charge in [-0.1, -0.05) is 12.1 Å². The standard InChI is InChI=1S/C11H12F3N2.CH4O4S/c1-3-16-9-7-5-4-6-8(9)15(2)10(16)11(12,13)14;1-5-6(2,3)4/h4-7H,3H2,1-2H3;1H3,(H,2,3,4)/q+1;/p-1. The summed E-state index contributed by atoms with van der Waals surface area (Å²) in [5, 5.41) is 0. The molecule has 1 heterocycles. The van der Waals surface area contributed by atoms with Crippen LogP contribution in [0.4, 0.5) is 13.2 Å². The maximum atomic E-state index is 12.9. The quantitative estimate of drug-likeness (QED) is 0.473. The molecule has 0 aliphatic carbocycles. The molecule has 1 aromatic carbocycles. The fourth-order valence-electron chi connectivity index (χ4n) is 2.05. The maximum absolute atomic E-state index is 12.9. The summed E-state index contributed by atoms with van der Waals surface area (Å²) in [6.45, 7) is 2.01. The Hall–Kier alpha value is -1.65. The molecule has 22 heavy (non-hydrogen) atoms. The number of rotatable bonds is 2. The van der Waals surface area contributed by atoms with Crippen LogP contribution in [0.25, 0.3) is 11.0 Å². The molecule has 0 aliphatic heterocycles. The van der Waals surface area contributed by atoms with Gasteiger partial charge < -0.3 is 4.55 Å². The second-order valence-electron chi connectivity index (χ2n) is 4.19. The fourth-order valence-corrected chi connectivity index (χ4v) is 2.05. The molecule has 0 fully saturated rings. The third-order valence-corrected chi connectivity index (χ3v) is 3.29. The van der Waals surface area contributed by atoms with Crippen molar-refractivity contribution in [2.24, 2.45) is 7.05 Å². The van der Waals surface area contributed by atoms with Crippen LogP contribution in [-0.2, 0) is 34.4 Å². The first-order valence-electron chi connectivity index (χ1n) is 6.08. The van der Waals surface area contributed by atoms with Crippen LogP contribution in [0.1, 0.15) is 12.7 Å². The molecule has 0 atom stereocenters. The summed E-state index contributed by atoms with van der Waals surface area (Å²) >= 11 is 0. The van der Waals surface area contributed by atoms with Crippen LogP contribution >= 0.6 is 0 Å². The fraction of sp³-hybridized carbons (Fsp3) is 0.417. The van der Waals surface area contributed by atoms with E-state index in [1.54, 1.807) is 31.2 Å². The van der Waals surface area contributed by atoms with E-state index in [1.807, 2.05) is 0 Å². The topological polar surface area (TPSA) is 75.2 Å². The van der Waals surface area contributed by atoms with E-state index < -0.39 is 22.4 Å². The monoisotopic (exact) mass is 340 g/mol. The Balaban J connectivity index is 0.000000346. The molecular formula is C12H15F3N2O4S. The van der Waals surface area contributed by atoms with Crippen LogP contribution in [0.15, 0.2) is 24.3 Å². The summed E-state index contributed by atoms with van der Waals surface area (Å²) in [5.74, 6) is -0.615. The van der Waals surface area contributed by atoms with Crippen molar-refractivity contribution in [2.45, 2.75) is 19.6 Å². The van der Waals surface area contributed by atoms with Crippen LogP contribution in [-0.4, -0.2) is 24.6 Å². The summed E-state index contributed by atoms with van der Waals surface area (Å²) in [7, 11) is -2.16. The van der Waals surface area contributed by atoms with E-state index in [4.69, 9.17) is 0 Å². The van der Waals surface area contributed by atoms with E-state index in [1.165, 1.54) is 16.2 Å². The van der Waals surface area contributed by atoms with Gasteiger partial charge in [-0.3, -0.25) is 4.18 Å². The third-order valence-electron chi connectivity index (χ3n) is 2.88. The molecule has 0 saturated carbocycles. The molecule has 0 spiro atoms. The minimum Gasteiger partial charge on any atom is -0.726 e. The highest BCUT2D eigenvalue weighted by Gasteiger charge is 2.45. The van der Waals surface area contributed by atoms with Crippen molar-refractivity contribution in [3.05, 3.63) is 30.1 Å². The molecule has 0 saturated heterocycles. The summed E-state index contributed by atoms with van der Waals surface area (Å²) in [4.78, 5) is 0. The number of imidazole rings is 1. The molecule has 0 aliphatic rings. The summed E-state index contributed by atoms with van der Waals surface area (Å²) < 4.78 is 72.2. The van der Waals surface area contributed by atoms with E-state index >= 15 is 0 Å². The number of hydrogen-bond donors (Lipinski definition) is 0. The van der Waals surface area contributed by atoms with Crippen molar-refractivity contribution in [1.29, 1.82) is 0 Å². The molecule has 0 bridgehead atoms. The highest BCUT2D eigenvalue weighted by molar-refractivity contribution is 7.80. The minimum absolute atomic E-state index is 0.302. The first kappa shape index (κ1) is 18.4. The number of aromatic nitrogens is 2. The van der Waals surface area contributed by atoms with Crippen LogP contribution in [0.3, 0.4) is 0 Å². The number of nitrogens with zero attached hydrogens (tertiary/aromatic N) is 2. The van der Waals surface area contributed by atoms with Crippen LogP contribution in [0.5, 0.6) is 0 Å². The lowest BCUT2D eigenvalue weighted by molar-refractivity contribution is -0.667. The molecule has 1 aromatic heterocycles. The Labute approximate surface area is 125 Å². The molecule has 0 amide bonds. The van der Waals surface area contributed by atoms with Gasteiger partial charge in [0.15, 0.2) is 11.0 Å². The normalized spacial score (nSPS) is 12.1. The molecule has 2 aromatic rings. The lowest BCUT2D eigenvalue weighted by atomic mass is 10.3. The predicted molar refractivity (Wildman–Crippen MR) is 70.5 cm³/mol. The zero-order valence-electron chi connectivity index (χ0n) is 12.1. The van der Waals surface area contributed by atoms with Gasteiger partial charge in [0.05, 0.1) is 20.7 Å². The Bertz CT molecular complexity index is 754. The van der Waals surface area contributed by atoms with E-state index in [2.05, 4.69) is 4.18 Å². The number of halogens is 3. The minimum atomic E-state index is -4.41. The summed E-state index contributed by atoms with van der Waals surface area (Å²) in [6.07, 6.45) is -4.33. The van der Waals surface area contributed by atoms with Gasteiger partial charge in [-0.15, -0.1) is 0 Å². The average Bonchev–Trinajstić information content (AvgIpc) is 2.72. The number of alkyl halides is 3. The second kappa shape index (κ2) is 6.63. The lowest BCUT2D eigenvalue weighted by Crippen LogP contribution is -2.38. The van der Waals surface area contributed by atoms with Crippen molar-refractivity contribution in [1.82, 2.24) is 4.57 Å². The second-order valence-corrected chi connectivity index (χ2v) is 5.34. The first-order chi connectivity index (χ1) is 10.0. The molecule has 0 unspecified atom stereocenters. The Morgan fingerprint density at radius 3 is 2.23 bits per heavy atom. The number of hydrogen-bond acceptors (Lipinski definition) is 4. The van der Waals surface area contributed by atoms with E-state index in [0.717, 1.165) is 7.11 Å². The van der Waals surface area contributed by atoms with Gasteiger partial charge in [0.25, 0.3) is 0 Å². The van der Waals surface area contributed by atoms with Gasteiger partial charge in [0.2, 0.25) is 10.4 Å². The van der Waals surface area contributed by atoms with Crippen molar-refractivity contribution in [2.75, 3.05) is 7.11 Å². The van der Waals surface area contributed by atoms with Gasteiger partial charge in [-0.25, -0.2) is 17.6 Å². The lowest BCUT2D eigenvalue weighted by Gasteiger charge is -2.03. The van der Waals surface area contributed by atoms with Crippen LogP contribution in [0.2, 0.25) is 0 Å². The van der Waals surface area contributed by atoms with Crippen LogP contribution in [0, 0.1) is 0 Å². The molecule has 124 valence electrons. The first-order valence-corrected chi connectivity index (χ1v) is 7.42. The van der Waals surface area contributed by atoms with Crippen molar-refractivity contribution in [3.8, 4) is 0 Å². The Kier molecular flexibility index (Phi) is 5.54. The van der Waals surface area contributed by atoms with Crippen LogP contribution < -0.4 is 4.57 Å². The Morgan fingerprint density at radius 1 is 1.32 bits per heavy atom. The Morgan fingerprint density at radius 2 is 1.82 bits per heavy atom. The van der Waals surface area contributed by atoms with E-state index in [0.29, 0.717) is 17.6 Å². The van der Waals surface area contributed by atoms with Gasteiger partial charge in [-0.2, -0.15) is 13.2 Å². The molecule has 6 nitrogen and oxygen atoms in total. The van der Waals surface area contributed by atoms with Gasteiger partial charge in [0.1, 0.15) is 0 Å². The number of aryl methyl sites for hydroxylation is 2. The highest BCUT2D eigenvalue weighted by Crippen LogP contribution is 2.29. The van der Waals surface area contributed by atoms with E-state index in [-0.39, 0.29) is 0 Å². The molecule has 0 radical (unpaired) electrons. The van der Waals surface area contributed by atoms with Crippen molar-refractivity contribution < 1.29 is 34.9 Å². The smallest absolute Gasteiger partial charge is 0.495 e.